The number of hydrogen-bond donors (Lipinski definition) is 1. The van der Waals surface area contributed by atoms with E-state index in [1.807, 2.05) is 31.2 Å². The number of anilines is 1. The van der Waals surface area contributed by atoms with Gasteiger partial charge < -0.3 is 14.8 Å². The fourth-order valence-corrected chi connectivity index (χ4v) is 6.17. The number of rotatable bonds is 2. The van der Waals surface area contributed by atoms with Gasteiger partial charge in [-0.3, -0.25) is 4.79 Å². The van der Waals surface area contributed by atoms with Crippen LogP contribution in [0.15, 0.2) is 36.4 Å². The van der Waals surface area contributed by atoms with Crippen molar-refractivity contribution in [1.29, 1.82) is 0 Å². The molecule has 2 aliphatic heterocycles. The van der Waals surface area contributed by atoms with E-state index in [4.69, 9.17) is 19.6 Å². The van der Waals surface area contributed by atoms with Crippen LogP contribution in [-0.2, 0) is 4.79 Å². The van der Waals surface area contributed by atoms with Crippen LogP contribution in [0.4, 0.5) is 5.82 Å². The van der Waals surface area contributed by atoms with E-state index in [0.29, 0.717) is 11.6 Å². The second kappa shape index (κ2) is 7.00. The van der Waals surface area contributed by atoms with Crippen molar-refractivity contribution < 1.29 is 14.3 Å². The van der Waals surface area contributed by atoms with Crippen molar-refractivity contribution in [1.82, 2.24) is 14.8 Å². The zero-order valence-electron chi connectivity index (χ0n) is 16.8. The summed E-state index contributed by atoms with van der Waals surface area (Å²) >= 11 is 3.15. The smallest absolute Gasteiger partial charge is 0.235 e. The number of fused-ring (bicyclic) bond motifs is 3. The van der Waals surface area contributed by atoms with Crippen molar-refractivity contribution >= 4 is 45.0 Å². The molecule has 0 bridgehead atoms. The van der Waals surface area contributed by atoms with Crippen molar-refractivity contribution in [3.63, 3.8) is 0 Å². The highest BCUT2D eigenvalue weighted by Crippen LogP contribution is 2.46. The summed E-state index contributed by atoms with van der Waals surface area (Å²) < 4.78 is 13.9. The van der Waals surface area contributed by atoms with Gasteiger partial charge >= 0.3 is 0 Å². The molecule has 2 aromatic heterocycles. The minimum atomic E-state index is -0.0613. The van der Waals surface area contributed by atoms with Gasteiger partial charge in [0.1, 0.15) is 5.82 Å². The van der Waals surface area contributed by atoms with Crippen LogP contribution < -0.4 is 14.8 Å². The van der Waals surface area contributed by atoms with Gasteiger partial charge in [-0.2, -0.15) is 9.78 Å². The normalized spacial score (nSPS) is 17.5. The largest absolute Gasteiger partial charge is 0.454 e. The molecule has 1 unspecified atom stereocenters. The first-order chi connectivity index (χ1) is 15.1. The summed E-state index contributed by atoms with van der Waals surface area (Å²) in [6.45, 7) is 4.27. The highest BCUT2D eigenvalue weighted by Gasteiger charge is 2.32. The van der Waals surface area contributed by atoms with Crippen molar-refractivity contribution in [2.45, 2.75) is 19.1 Å². The Hall–Kier alpha value is -3.04. The highest BCUT2D eigenvalue weighted by molar-refractivity contribution is 8.00. The quantitative estimate of drug-likeness (QED) is 0.481. The SMILES string of the molecule is Cc1ccc2nc(-n3nc(C)c4c3NC(=O)CSC4c3ccc4c(c3)OCO4)sc2c1. The number of benzene rings is 2. The summed E-state index contributed by atoms with van der Waals surface area (Å²) in [5, 5.41) is 8.53. The van der Waals surface area contributed by atoms with Crippen LogP contribution >= 0.6 is 23.1 Å². The third-order valence-corrected chi connectivity index (χ3v) is 7.68. The van der Waals surface area contributed by atoms with Crippen molar-refractivity contribution in [3.05, 3.63) is 58.8 Å². The van der Waals surface area contributed by atoms with Crippen molar-refractivity contribution in [2.75, 3.05) is 17.9 Å². The van der Waals surface area contributed by atoms with Gasteiger partial charge in [0.2, 0.25) is 17.8 Å². The topological polar surface area (TPSA) is 78.3 Å². The Morgan fingerprint density at radius 1 is 1.13 bits per heavy atom. The molecule has 0 saturated carbocycles. The molecule has 1 amide bonds. The number of carbonyl (C=O) groups is 1. The molecule has 0 spiro atoms. The number of aromatic nitrogens is 3. The van der Waals surface area contributed by atoms with E-state index in [1.165, 1.54) is 5.56 Å². The van der Waals surface area contributed by atoms with Crippen molar-refractivity contribution in [2.24, 2.45) is 0 Å². The van der Waals surface area contributed by atoms with E-state index in [2.05, 4.69) is 24.4 Å². The summed E-state index contributed by atoms with van der Waals surface area (Å²) in [6, 6.07) is 12.1. The highest BCUT2D eigenvalue weighted by atomic mass is 32.2. The predicted molar refractivity (Wildman–Crippen MR) is 122 cm³/mol. The summed E-state index contributed by atoms with van der Waals surface area (Å²) in [4.78, 5) is 17.4. The van der Waals surface area contributed by atoms with E-state index < -0.39 is 0 Å². The molecule has 9 heteroatoms. The molecule has 6 rings (SSSR count). The number of nitrogens with zero attached hydrogens (tertiary/aromatic N) is 3. The van der Waals surface area contributed by atoms with Crippen LogP contribution in [0.2, 0.25) is 0 Å². The minimum absolute atomic E-state index is 0.0485. The number of ether oxygens (including phenoxy) is 2. The fraction of sp³-hybridized carbons (Fsp3) is 0.227. The molecular formula is C22H18N4O3S2. The summed E-state index contributed by atoms with van der Waals surface area (Å²) in [6.07, 6.45) is 0. The van der Waals surface area contributed by atoms with Crippen LogP contribution in [0.5, 0.6) is 11.5 Å². The number of thioether (sulfide) groups is 1. The molecule has 0 fully saturated rings. The summed E-state index contributed by atoms with van der Waals surface area (Å²) in [5.74, 6) is 2.47. The van der Waals surface area contributed by atoms with E-state index >= 15 is 0 Å². The van der Waals surface area contributed by atoms with Gasteiger partial charge in [0, 0.05) is 5.56 Å². The summed E-state index contributed by atoms with van der Waals surface area (Å²) in [7, 11) is 0. The molecule has 4 heterocycles. The van der Waals surface area contributed by atoms with Gasteiger partial charge in [0.25, 0.3) is 0 Å². The van der Waals surface area contributed by atoms with Gasteiger partial charge in [-0.25, -0.2) is 4.98 Å². The first kappa shape index (κ1) is 18.7. The Bertz CT molecular complexity index is 1360. The number of aryl methyl sites for hydroxylation is 2. The molecule has 31 heavy (non-hydrogen) atoms. The van der Waals surface area contributed by atoms with E-state index in [-0.39, 0.29) is 18.0 Å². The Kier molecular flexibility index (Phi) is 4.22. The van der Waals surface area contributed by atoms with Gasteiger partial charge in [-0.15, -0.1) is 11.8 Å². The maximum Gasteiger partial charge on any atom is 0.235 e. The second-order valence-electron chi connectivity index (χ2n) is 7.58. The molecule has 156 valence electrons. The zero-order chi connectivity index (χ0) is 21.1. The molecule has 7 nitrogen and oxygen atoms in total. The molecule has 2 aromatic carbocycles. The number of carbonyl (C=O) groups excluding carboxylic acids is 1. The van der Waals surface area contributed by atoms with Crippen LogP contribution in [0, 0.1) is 13.8 Å². The van der Waals surface area contributed by atoms with Crippen LogP contribution in [0.1, 0.15) is 27.6 Å². The van der Waals surface area contributed by atoms with Gasteiger partial charge in [0.05, 0.1) is 26.9 Å². The van der Waals surface area contributed by atoms with Gasteiger partial charge in [0.15, 0.2) is 11.5 Å². The standard InChI is InChI=1S/C22H18N4O3S2/c1-11-3-5-14-17(7-11)31-22(23-14)26-21-19(12(2)25-26)20(30-9-18(27)24-21)13-4-6-15-16(8-13)29-10-28-15/h3-8,20H,9-10H2,1-2H3,(H,24,27). The second-order valence-corrected chi connectivity index (χ2v) is 9.68. The molecule has 0 saturated heterocycles. The molecule has 0 aliphatic carbocycles. The zero-order valence-corrected chi connectivity index (χ0v) is 18.5. The molecule has 1 N–H and O–H groups in total. The van der Waals surface area contributed by atoms with Crippen LogP contribution in [-0.4, -0.2) is 33.2 Å². The van der Waals surface area contributed by atoms with E-state index in [0.717, 1.165) is 43.7 Å². The number of hydrogen-bond acceptors (Lipinski definition) is 7. The van der Waals surface area contributed by atoms with Crippen LogP contribution in [0.25, 0.3) is 15.3 Å². The van der Waals surface area contributed by atoms with Crippen LogP contribution in [0.3, 0.4) is 0 Å². The number of thiazole rings is 1. The monoisotopic (exact) mass is 450 g/mol. The first-order valence-electron chi connectivity index (χ1n) is 9.85. The molecule has 4 aromatic rings. The maximum atomic E-state index is 12.6. The van der Waals surface area contributed by atoms with Gasteiger partial charge in [-0.05, 0) is 49.2 Å². The lowest BCUT2D eigenvalue weighted by Crippen LogP contribution is -2.15. The Balaban J connectivity index is 1.50. The van der Waals surface area contributed by atoms with E-state index in [1.54, 1.807) is 27.8 Å². The van der Waals surface area contributed by atoms with E-state index in [9.17, 15) is 4.79 Å². The third kappa shape index (κ3) is 3.07. The minimum Gasteiger partial charge on any atom is -0.454 e. The fourth-order valence-electron chi connectivity index (χ4n) is 3.97. The summed E-state index contributed by atoms with van der Waals surface area (Å²) in [5.41, 5.74) is 5.02. The van der Waals surface area contributed by atoms with Gasteiger partial charge in [-0.1, -0.05) is 23.5 Å². The lowest BCUT2D eigenvalue weighted by atomic mass is 10.0. The Labute approximate surface area is 186 Å². The molecule has 0 radical (unpaired) electrons. The lowest BCUT2D eigenvalue weighted by molar-refractivity contribution is -0.113. The Morgan fingerprint density at radius 3 is 2.90 bits per heavy atom. The maximum absolute atomic E-state index is 12.6. The Morgan fingerprint density at radius 2 is 2.00 bits per heavy atom. The average Bonchev–Trinajstić information content (AvgIpc) is 3.43. The first-order valence-corrected chi connectivity index (χ1v) is 11.7. The average molecular weight is 451 g/mol. The number of amides is 1. The molecular weight excluding hydrogens is 432 g/mol. The molecule has 1 atom stereocenters. The predicted octanol–water partition coefficient (Wildman–Crippen LogP) is 4.60. The lowest BCUT2D eigenvalue weighted by Gasteiger charge is -2.15. The molecule has 2 aliphatic rings. The number of nitrogens with one attached hydrogen (secondary N) is 1. The third-order valence-electron chi connectivity index (χ3n) is 5.42. The van der Waals surface area contributed by atoms with Crippen molar-refractivity contribution in [3.8, 4) is 16.6 Å².